The zero-order valence-corrected chi connectivity index (χ0v) is 13.5. The van der Waals surface area contributed by atoms with Gasteiger partial charge in [0.1, 0.15) is 17.8 Å². The molecular weight excluding hydrogens is 313 g/mol. The first-order valence-corrected chi connectivity index (χ1v) is 7.90. The predicted molar refractivity (Wildman–Crippen MR) is 85.1 cm³/mol. The van der Waals surface area contributed by atoms with Crippen molar-refractivity contribution in [3.05, 3.63) is 59.3 Å². The number of rotatable bonds is 5. The van der Waals surface area contributed by atoms with Crippen molar-refractivity contribution in [2.24, 2.45) is 0 Å². The van der Waals surface area contributed by atoms with Crippen LogP contribution in [0.2, 0.25) is 0 Å². The molecule has 1 fully saturated rings. The number of hydrogen-bond acceptors (Lipinski definition) is 4. The molecule has 128 valence electrons. The van der Waals surface area contributed by atoms with E-state index in [2.05, 4.69) is 0 Å². The van der Waals surface area contributed by atoms with E-state index in [0.29, 0.717) is 43.2 Å². The van der Waals surface area contributed by atoms with Crippen LogP contribution in [0.25, 0.3) is 0 Å². The topological polar surface area (TPSA) is 51.9 Å². The minimum Gasteiger partial charge on any atom is -0.469 e. The predicted octanol–water partition coefficient (Wildman–Crippen LogP) is 2.78. The molecule has 6 heteroatoms. The number of amides is 1. The van der Waals surface area contributed by atoms with Gasteiger partial charge in [0.25, 0.3) is 5.91 Å². The van der Waals surface area contributed by atoms with Crippen molar-refractivity contribution >= 4 is 5.91 Å². The molecule has 1 aromatic carbocycles. The third-order valence-corrected chi connectivity index (χ3v) is 3.92. The summed E-state index contributed by atoms with van der Waals surface area (Å²) in [5, 5.41) is 0. The minimum atomic E-state index is -0.283. The number of carbonyl (C=O) groups excluding carboxylic acids is 1. The van der Waals surface area contributed by atoms with Crippen molar-refractivity contribution in [1.29, 1.82) is 0 Å². The van der Waals surface area contributed by atoms with E-state index in [9.17, 15) is 9.18 Å². The van der Waals surface area contributed by atoms with Gasteiger partial charge in [-0.25, -0.2) is 4.39 Å². The Morgan fingerprint density at radius 2 is 2.25 bits per heavy atom. The SMILES string of the molecule is Cc1cc(C(=O)N2CCOC(COCc3ccccc3F)C2)co1. The highest BCUT2D eigenvalue weighted by molar-refractivity contribution is 5.94. The van der Waals surface area contributed by atoms with Crippen LogP contribution in [0.3, 0.4) is 0 Å². The third-order valence-electron chi connectivity index (χ3n) is 3.92. The van der Waals surface area contributed by atoms with E-state index in [0.717, 1.165) is 0 Å². The largest absolute Gasteiger partial charge is 0.469 e. The van der Waals surface area contributed by atoms with E-state index >= 15 is 0 Å². The molecule has 0 N–H and O–H groups in total. The standard InChI is InChI=1S/C18H20FNO4/c1-13-8-15(11-24-13)18(21)20-6-7-23-16(9-20)12-22-10-14-4-2-3-5-17(14)19/h2-5,8,11,16H,6-7,9-10,12H2,1H3. The number of aryl methyl sites for hydroxylation is 1. The van der Waals surface area contributed by atoms with Gasteiger partial charge in [0, 0.05) is 18.7 Å². The molecule has 1 saturated heterocycles. The van der Waals surface area contributed by atoms with Crippen LogP contribution < -0.4 is 0 Å². The summed E-state index contributed by atoms with van der Waals surface area (Å²) >= 11 is 0. The number of carbonyl (C=O) groups is 1. The zero-order valence-electron chi connectivity index (χ0n) is 13.5. The normalized spacial score (nSPS) is 17.9. The van der Waals surface area contributed by atoms with Crippen LogP contribution in [0.15, 0.2) is 41.0 Å². The maximum Gasteiger partial charge on any atom is 0.257 e. The number of benzene rings is 1. The van der Waals surface area contributed by atoms with E-state index in [-0.39, 0.29) is 24.4 Å². The number of furan rings is 1. The van der Waals surface area contributed by atoms with Gasteiger partial charge in [0.05, 0.1) is 31.5 Å². The lowest BCUT2D eigenvalue weighted by molar-refractivity contribution is -0.0650. The van der Waals surface area contributed by atoms with Gasteiger partial charge < -0.3 is 18.8 Å². The summed E-state index contributed by atoms with van der Waals surface area (Å²) < 4.78 is 29.9. The van der Waals surface area contributed by atoms with E-state index in [4.69, 9.17) is 13.9 Å². The fourth-order valence-corrected chi connectivity index (χ4v) is 2.66. The van der Waals surface area contributed by atoms with Crippen molar-refractivity contribution < 1.29 is 23.1 Å². The van der Waals surface area contributed by atoms with Crippen molar-refractivity contribution in [2.45, 2.75) is 19.6 Å². The van der Waals surface area contributed by atoms with Crippen molar-refractivity contribution in [3.8, 4) is 0 Å². The molecule has 1 amide bonds. The Hall–Kier alpha value is -2.18. The van der Waals surface area contributed by atoms with Gasteiger partial charge in [0.2, 0.25) is 0 Å². The quantitative estimate of drug-likeness (QED) is 0.844. The first kappa shape index (κ1) is 16.7. The van der Waals surface area contributed by atoms with Gasteiger partial charge in [-0.15, -0.1) is 0 Å². The summed E-state index contributed by atoms with van der Waals surface area (Å²) in [5.41, 5.74) is 1.05. The summed E-state index contributed by atoms with van der Waals surface area (Å²) in [5.74, 6) is 0.347. The van der Waals surface area contributed by atoms with E-state index < -0.39 is 0 Å². The number of halogens is 1. The molecule has 2 heterocycles. The molecule has 24 heavy (non-hydrogen) atoms. The number of morpholine rings is 1. The lowest BCUT2D eigenvalue weighted by Gasteiger charge is -2.32. The average Bonchev–Trinajstić information content (AvgIpc) is 3.03. The van der Waals surface area contributed by atoms with Gasteiger partial charge in [-0.2, -0.15) is 0 Å². The monoisotopic (exact) mass is 333 g/mol. The molecule has 1 atom stereocenters. The van der Waals surface area contributed by atoms with Crippen LogP contribution in [0.4, 0.5) is 4.39 Å². The van der Waals surface area contributed by atoms with Crippen molar-refractivity contribution in [1.82, 2.24) is 4.90 Å². The minimum absolute atomic E-state index is 0.0748. The zero-order chi connectivity index (χ0) is 16.9. The molecule has 0 radical (unpaired) electrons. The maximum atomic E-state index is 13.5. The molecule has 0 bridgehead atoms. The van der Waals surface area contributed by atoms with E-state index in [1.54, 1.807) is 36.1 Å². The fraction of sp³-hybridized carbons (Fsp3) is 0.389. The summed E-state index contributed by atoms with van der Waals surface area (Å²) in [6.45, 7) is 3.73. The van der Waals surface area contributed by atoms with Gasteiger partial charge in [0.15, 0.2) is 0 Å². The first-order chi connectivity index (χ1) is 11.6. The summed E-state index contributed by atoms with van der Waals surface area (Å²) in [4.78, 5) is 14.1. The Kier molecular flexibility index (Phi) is 5.27. The van der Waals surface area contributed by atoms with Crippen LogP contribution in [0.5, 0.6) is 0 Å². The Bertz CT molecular complexity index is 700. The highest BCUT2D eigenvalue weighted by atomic mass is 19.1. The van der Waals surface area contributed by atoms with Crippen LogP contribution in [-0.2, 0) is 16.1 Å². The summed E-state index contributed by atoms with van der Waals surface area (Å²) in [6, 6.07) is 8.23. The highest BCUT2D eigenvalue weighted by Gasteiger charge is 2.26. The molecule has 2 aromatic rings. The van der Waals surface area contributed by atoms with Crippen molar-refractivity contribution in [3.63, 3.8) is 0 Å². The van der Waals surface area contributed by atoms with Gasteiger partial charge >= 0.3 is 0 Å². The lowest BCUT2D eigenvalue weighted by Crippen LogP contribution is -2.47. The van der Waals surface area contributed by atoms with Crippen LogP contribution >= 0.6 is 0 Å². The third kappa shape index (κ3) is 4.01. The van der Waals surface area contributed by atoms with Crippen LogP contribution in [0.1, 0.15) is 21.7 Å². The molecule has 0 spiro atoms. The molecular formula is C18H20FNO4. The second kappa shape index (κ2) is 7.59. The number of nitrogens with zero attached hydrogens (tertiary/aromatic N) is 1. The molecule has 1 aromatic heterocycles. The Labute approximate surface area is 140 Å². The van der Waals surface area contributed by atoms with E-state index in [1.807, 2.05) is 0 Å². The van der Waals surface area contributed by atoms with Crippen LogP contribution in [-0.4, -0.2) is 43.2 Å². The average molecular weight is 333 g/mol. The lowest BCUT2D eigenvalue weighted by atomic mass is 10.2. The van der Waals surface area contributed by atoms with Gasteiger partial charge in [-0.1, -0.05) is 18.2 Å². The molecule has 1 aliphatic heterocycles. The van der Waals surface area contributed by atoms with Gasteiger partial charge in [-0.3, -0.25) is 4.79 Å². The maximum absolute atomic E-state index is 13.5. The first-order valence-electron chi connectivity index (χ1n) is 7.90. The summed E-state index contributed by atoms with van der Waals surface area (Å²) in [6.07, 6.45) is 1.25. The van der Waals surface area contributed by atoms with Crippen LogP contribution in [0, 0.1) is 12.7 Å². The van der Waals surface area contributed by atoms with E-state index in [1.165, 1.54) is 12.3 Å². The smallest absolute Gasteiger partial charge is 0.257 e. The molecule has 0 saturated carbocycles. The Balaban J connectivity index is 1.50. The second-order valence-corrected chi connectivity index (χ2v) is 5.80. The molecule has 5 nitrogen and oxygen atoms in total. The fourth-order valence-electron chi connectivity index (χ4n) is 2.66. The second-order valence-electron chi connectivity index (χ2n) is 5.80. The number of hydrogen-bond donors (Lipinski definition) is 0. The molecule has 1 aliphatic rings. The Morgan fingerprint density at radius 1 is 1.42 bits per heavy atom. The highest BCUT2D eigenvalue weighted by Crippen LogP contribution is 2.14. The van der Waals surface area contributed by atoms with Gasteiger partial charge in [-0.05, 0) is 19.1 Å². The molecule has 1 unspecified atom stereocenters. The summed E-state index contributed by atoms with van der Waals surface area (Å²) in [7, 11) is 0. The van der Waals surface area contributed by atoms with Crippen molar-refractivity contribution in [2.75, 3.05) is 26.3 Å². The molecule has 3 rings (SSSR count). The Morgan fingerprint density at radius 3 is 3.00 bits per heavy atom. The molecule has 0 aliphatic carbocycles. The number of ether oxygens (including phenoxy) is 2.